The molecule has 4 amide bonds. The zero-order valence-corrected chi connectivity index (χ0v) is 23.8. The fourth-order valence-electron chi connectivity index (χ4n) is 3.71. The van der Waals surface area contributed by atoms with Crippen molar-refractivity contribution in [2.24, 2.45) is 10.7 Å². The summed E-state index contributed by atoms with van der Waals surface area (Å²) in [5.41, 5.74) is 6.39. The molecular formula is C26H31N7O6S2. The Bertz CT molecular complexity index is 1320. The molecule has 15 heteroatoms. The second-order valence-electron chi connectivity index (χ2n) is 8.79. The van der Waals surface area contributed by atoms with Crippen molar-refractivity contribution < 1.29 is 29.1 Å². The zero-order valence-electron chi connectivity index (χ0n) is 22.1. The number of fused-ring (bicyclic) bond motifs is 2. The molecule has 0 spiro atoms. The smallest absolute Gasteiger partial charge is 0.305 e. The fraction of sp³-hybridized carbons (Fsp3) is 0.308. The summed E-state index contributed by atoms with van der Waals surface area (Å²) in [4.78, 5) is 68.5. The van der Waals surface area contributed by atoms with Crippen LogP contribution in [0.25, 0.3) is 0 Å². The number of amides is 4. The molecule has 0 fully saturated rings. The van der Waals surface area contributed by atoms with E-state index in [1.165, 1.54) is 28.6 Å². The van der Waals surface area contributed by atoms with E-state index in [0.29, 0.717) is 34.0 Å². The summed E-state index contributed by atoms with van der Waals surface area (Å²) in [6.07, 6.45) is -0.0197. The van der Waals surface area contributed by atoms with Gasteiger partial charge in [-0.2, -0.15) is 0 Å². The van der Waals surface area contributed by atoms with Crippen LogP contribution in [0.4, 0.5) is 5.69 Å². The van der Waals surface area contributed by atoms with Crippen molar-refractivity contribution in [2.45, 2.75) is 41.1 Å². The molecule has 0 radical (unpaired) electrons. The van der Waals surface area contributed by atoms with Gasteiger partial charge in [0.1, 0.15) is 12.1 Å². The standard InChI is InChI=1S/C26H31N7O6S2/c1-28-26(27)29-12-6-9-17-24(38)30-14-21(34)31-18(13-22(35)36)25(39)32-16-8-3-5-11-20(16)41-40-19-10-4-2-7-15(19)23(37)33-17/h2-5,7-8,10-11,17-18H,6,9,12-14H2,1H3,(H,30,38)(H,31,34)(H,32,39)(H,33,37)(H,35,36)(H3,27,28,29)/t17-,18+/m1/s1. The predicted molar refractivity (Wildman–Crippen MR) is 156 cm³/mol. The normalized spacial score (nSPS) is 18.9. The van der Waals surface area contributed by atoms with Crippen LogP contribution in [-0.2, 0) is 19.2 Å². The molecule has 0 saturated heterocycles. The summed E-state index contributed by atoms with van der Waals surface area (Å²) >= 11 is 0. The number of aliphatic imine (C=N–C) groups is 1. The predicted octanol–water partition coefficient (Wildman–Crippen LogP) is 0.927. The van der Waals surface area contributed by atoms with Crippen LogP contribution >= 0.6 is 21.6 Å². The Kier molecular flexibility index (Phi) is 11.8. The number of carbonyl (C=O) groups is 5. The molecule has 0 saturated carbocycles. The molecule has 0 aliphatic carbocycles. The Hall–Kier alpha value is -4.24. The quantitative estimate of drug-likeness (QED) is 0.108. The third kappa shape index (κ3) is 9.72. The second-order valence-corrected chi connectivity index (χ2v) is 11.0. The summed E-state index contributed by atoms with van der Waals surface area (Å²) in [6.45, 7) is -0.154. The van der Waals surface area contributed by atoms with Crippen LogP contribution in [0.1, 0.15) is 29.6 Å². The number of carboxylic acid groups (broad SMARTS) is 1. The van der Waals surface area contributed by atoms with Gasteiger partial charge in [-0.25, -0.2) is 0 Å². The molecule has 218 valence electrons. The van der Waals surface area contributed by atoms with E-state index in [-0.39, 0.29) is 12.4 Å². The number of nitrogens with one attached hydrogen (secondary N) is 5. The van der Waals surface area contributed by atoms with E-state index in [1.807, 2.05) is 0 Å². The lowest BCUT2D eigenvalue weighted by Crippen LogP contribution is -2.52. The van der Waals surface area contributed by atoms with Gasteiger partial charge in [0.15, 0.2) is 5.96 Å². The minimum atomic E-state index is -1.40. The van der Waals surface area contributed by atoms with E-state index in [2.05, 4.69) is 31.6 Å². The Balaban J connectivity index is 1.91. The average molecular weight is 602 g/mol. The van der Waals surface area contributed by atoms with Gasteiger partial charge in [0.2, 0.25) is 17.7 Å². The van der Waals surface area contributed by atoms with Gasteiger partial charge in [0.05, 0.1) is 24.2 Å². The van der Waals surface area contributed by atoms with Gasteiger partial charge in [0, 0.05) is 23.4 Å². The number of nitrogens with two attached hydrogens (primary N) is 1. The zero-order chi connectivity index (χ0) is 29.8. The third-order valence-corrected chi connectivity index (χ3v) is 8.27. The number of hydrogen-bond acceptors (Lipinski definition) is 8. The number of anilines is 1. The minimum Gasteiger partial charge on any atom is -0.481 e. The van der Waals surface area contributed by atoms with Crippen molar-refractivity contribution in [3.8, 4) is 0 Å². The lowest BCUT2D eigenvalue weighted by atomic mass is 10.1. The molecule has 8 N–H and O–H groups in total. The number of nitrogens with zero attached hydrogens (tertiary/aromatic N) is 1. The fourth-order valence-corrected chi connectivity index (χ4v) is 6.02. The largest absolute Gasteiger partial charge is 0.481 e. The molecule has 1 aliphatic heterocycles. The highest BCUT2D eigenvalue weighted by Crippen LogP contribution is 2.42. The molecule has 2 atom stereocenters. The maximum atomic E-state index is 13.3. The Labute approximate surface area is 244 Å². The highest BCUT2D eigenvalue weighted by Gasteiger charge is 2.27. The molecule has 2 aromatic carbocycles. The first-order chi connectivity index (χ1) is 19.7. The van der Waals surface area contributed by atoms with Crippen molar-refractivity contribution in [2.75, 3.05) is 25.5 Å². The number of carboxylic acids is 1. The van der Waals surface area contributed by atoms with Gasteiger partial charge in [0.25, 0.3) is 5.91 Å². The van der Waals surface area contributed by atoms with Crippen LogP contribution in [0, 0.1) is 0 Å². The van der Waals surface area contributed by atoms with Gasteiger partial charge in [-0.05, 0) is 37.1 Å². The highest BCUT2D eigenvalue weighted by atomic mass is 33.1. The highest BCUT2D eigenvalue weighted by molar-refractivity contribution is 8.76. The summed E-state index contributed by atoms with van der Waals surface area (Å²) in [6, 6.07) is 11.4. The Morgan fingerprint density at radius 2 is 1.68 bits per heavy atom. The number of aliphatic carboxylic acids is 1. The summed E-state index contributed by atoms with van der Waals surface area (Å²) in [5, 5.41) is 22.5. The third-order valence-electron chi connectivity index (χ3n) is 5.79. The number of rotatable bonds is 6. The van der Waals surface area contributed by atoms with Crippen molar-refractivity contribution in [3.05, 3.63) is 54.1 Å². The van der Waals surface area contributed by atoms with E-state index in [4.69, 9.17) is 5.73 Å². The van der Waals surface area contributed by atoms with Crippen molar-refractivity contribution in [1.82, 2.24) is 21.3 Å². The van der Waals surface area contributed by atoms with Crippen LogP contribution in [0.5, 0.6) is 0 Å². The number of benzene rings is 2. The molecule has 0 aromatic heterocycles. The molecule has 1 heterocycles. The first-order valence-electron chi connectivity index (χ1n) is 12.6. The molecule has 3 rings (SSSR count). The van der Waals surface area contributed by atoms with Gasteiger partial charge in [-0.15, -0.1) is 0 Å². The lowest BCUT2D eigenvalue weighted by Gasteiger charge is -2.20. The first-order valence-corrected chi connectivity index (χ1v) is 14.7. The summed E-state index contributed by atoms with van der Waals surface area (Å²) in [7, 11) is 4.09. The van der Waals surface area contributed by atoms with Crippen LogP contribution in [0.2, 0.25) is 0 Å². The van der Waals surface area contributed by atoms with Crippen molar-refractivity contribution >= 4 is 62.8 Å². The number of para-hydroxylation sites is 1. The number of guanidine groups is 1. The van der Waals surface area contributed by atoms with Crippen molar-refractivity contribution in [3.63, 3.8) is 0 Å². The van der Waals surface area contributed by atoms with Crippen LogP contribution in [-0.4, -0.2) is 72.9 Å². The monoisotopic (exact) mass is 601 g/mol. The average Bonchev–Trinajstić information content (AvgIpc) is 2.95. The molecule has 41 heavy (non-hydrogen) atoms. The minimum absolute atomic E-state index is 0.213. The van der Waals surface area contributed by atoms with Crippen molar-refractivity contribution in [1.29, 1.82) is 0 Å². The van der Waals surface area contributed by atoms with Gasteiger partial charge in [-0.3, -0.25) is 29.0 Å². The van der Waals surface area contributed by atoms with E-state index >= 15 is 0 Å². The maximum absolute atomic E-state index is 13.3. The molecule has 0 bridgehead atoms. The van der Waals surface area contributed by atoms with Gasteiger partial charge < -0.3 is 37.4 Å². The first kappa shape index (κ1) is 31.3. The Morgan fingerprint density at radius 1 is 1.00 bits per heavy atom. The number of hydrogen-bond donors (Lipinski definition) is 7. The van der Waals surface area contributed by atoms with Gasteiger partial charge in [-0.1, -0.05) is 45.9 Å². The summed E-state index contributed by atoms with van der Waals surface area (Å²) in [5.74, 6) is -3.66. The second kappa shape index (κ2) is 15.5. The topological polar surface area (TPSA) is 204 Å². The van der Waals surface area contributed by atoms with E-state index in [1.54, 1.807) is 48.5 Å². The SMILES string of the molecule is CN=C(N)NCCC[C@H]1NC(=O)c2ccccc2SSc2ccccc2NC(=O)[C@H](CC(=O)O)NC(=O)CNC1=O. The number of carbonyl (C=O) groups excluding carboxylic acids is 4. The summed E-state index contributed by atoms with van der Waals surface area (Å²) < 4.78 is 0. The van der Waals surface area contributed by atoms with E-state index in [0.717, 1.165) is 0 Å². The molecule has 0 unspecified atom stereocenters. The Morgan fingerprint density at radius 3 is 2.41 bits per heavy atom. The molecule has 1 aliphatic rings. The van der Waals surface area contributed by atoms with Gasteiger partial charge >= 0.3 is 5.97 Å². The maximum Gasteiger partial charge on any atom is 0.305 e. The van der Waals surface area contributed by atoms with Crippen LogP contribution in [0.3, 0.4) is 0 Å². The van der Waals surface area contributed by atoms with Crippen LogP contribution < -0.4 is 32.3 Å². The molecular weight excluding hydrogens is 570 g/mol. The van der Waals surface area contributed by atoms with Crippen LogP contribution in [0.15, 0.2) is 63.3 Å². The van der Waals surface area contributed by atoms with E-state index in [9.17, 15) is 29.1 Å². The lowest BCUT2D eigenvalue weighted by molar-refractivity contribution is -0.140. The molecule has 2 aromatic rings. The molecule has 13 nitrogen and oxygen atoms in total. The van der Waals surface area contributed by atoms with E-state index < -0.39 is 54.6 Å².